The van der Waals surface area contributed by atoms with Crippen LogP contribution in [0.15, 0.2) is 11.6 Å². The second-order valence-electron chi connectivity index (χ2n) is 13.3. The quantitative estimate of drug-likeness (QED) is 0.262. The lowest BCUT2D eigenvalue weighted by Crippen LogP contribution is -2.74. The molecule has 0 aromatic heterocycles. The number of fused-ring (bicyclic) bond motifs is 1. The zero-order valence-electron chi connectivity index (χ0n) is 24.3. The predicted octanol–water partition coefficient (Wildman–Crippen LogP) is 1.13. The maximum Gasteiger partial charge on any atom is 0.340 e. The summed E-state index contributed by atoms with van der Waals surface area (Å²) in [6.07, 6.45) is -3.46. The number of cyclic esters (lactones) is 2. The van der Waals surface area contributed by atoms with Crippen LogP contribution in [0, 0.1) is 28.1 Å². The van der Waals surface area contributed by atoms with Crippen LogP contribution in [0.25, 0.3) is 0 Å². The lowest BCUT2D eigenvalue weighted by Gasteiger charge is -2.66. The van der Waals surface area contributed by atoms with Crippen molar-refractivity contribution in [3.05, 3.63) is 11.6 Å². The van der Waals surface area contributed by atoms with Gasteiger partial charge in [-0.05, 0) is 45.6 Å². The summed E-state index contributed by atoms with van der Waals surface area (Å²) in [5.74, 6) is -4.47. The molecule has 3 aliphatic heterocycles. The average Bonchev–Trinajstić information content (AvgIpc) is 3.56. The van der Waals surface area contributed by atoms with E-state index in [2.05, 4.69) is 0 Å². The number of hydrogen-bond acceptors (Lipinski definition) is 12. The second-order valence-corrected chi connectivity index (χ2v) is 13.3. The van der Waals surface area contributed by atoms with Gasteiger partial charge in [0.25, 0.3) is 0 Å². The molecule has 226 valence electrons. The highest BCUT2D eigenvalue weighted by atomic mass is 16.7. The lowest BCUT2D eigenvalue weighted by atomic mass is 9.36. The van der Waals surface area contributed by atoms with Crippen LogP contribution in [0.1, 0.15) is 67.2 Å². The molecular weight excluding hydrogens is 540 g/mol. The SMILES string of the molecule is COC(=O)C[C@H](OC(C)=O)[C@]1(C)[C@H]2CC[C@@]3(C)[C@H](C4=CC(O)OC4=O)OC(=O)[C@H]4O[C@]43[C@]2(C)C(=O)C[C@H]1C(C)(C)O. The van der Waals surface area contributed by atoms with Gasteiger partial charge >= 0.3 is 23.9 Å². The van der Waals surface area contributed by atoms with Crippen molar-refractivity contribution in [2.45, 2.75) is 103 Å². The zero-order chi connectivity index (χ0) is 30.5. The molecule has 5 aliphatic rings. The summed E-state index contributed by atoms with van der Waals surface area (Å²) in [6.45, 7) is 9.72. The van der Waals surface area contributed by atoms with Crippen LogP contribution in [0.5, 0.6) is 0 Å². The third-order valence-corrected chi connectivity index (χ3v) is 10.9. The van der Waals surface area contributed by atoms with Gasteiger partial charge in [-0.3, -0.25) is 14.4 Å². The summed E-state index contributed by atoms with van der Waals surface area (Å²) < 4.78 is 27.6. The van der Waals surface area contributed by atoms with Gasteiger partial charge in [0.15, 0.2) is 6.10 Å². The van der Waals surface area contributed by atoms with Crippen LogP contribution in [0.2, 0.25) is 0 Å². The van der Waals surface area contributed by atoms with Crippen LogP contribution in [-0.4, -0.2) is 82.8 Å². The number of aliphatic hydroxyl groups excluding tert-OH is 1. The van der Waals surface area contributed by atoms with Gasteiger partial charge in [-0.15, -0.1) is 0 Å². The Labute approximate surface area is 237 Å². The number of carbonyl (C=O) groups excluding carboxylic acids is 5. The summed E-state index contributed by atoms with van der Waals surface area (Å²) in [4.78, 5) is 65.3. The number of methoxy groups -OCH3 is 1. The third-order valence-electron chi connectivity index (χ3n) is 10.9. The molecular formula is C29H38O12. The van der Waals surface area contributed by atoms with Gasteiger partial charge in [-0.25, -0.2) is 9.59 Å². The highest BCUT2D eigenvalue weighted by Gasteiger charge is 2.89. The highest BCUT2D eigenvalue weighted by molar-refractivity contribution is 5.96. The van der Waals surface area contributed by atoms with E-state index in [1.807, 2.05) is 6.92 Å². The molecule has 3 heterocycles. The van der Waals surface area contributed by atoms with Crippen LogP contribution in [0.4, 0.5) is 0 Å². The number of epoxide rings is 1. The van der Waals surface area contributed by atoms with Crippen molar-refractivity contribution in [3.8, 4) is 0 Å². The molecule has 0 amide bonds. The first-order valence-electron chi connectivity index (χ1n) is 13.9. The third kappa shape index (κ3) is 3.79. The molecule has 5 rings (SSSR count). The van der Waals surface area contributed by atoms with Gasteiger partial charge in [0, 0.05) is 30.1 Å². The van der Waals surface area contributed by atoms with Gasteiger partial charge in [0.1, 0.15) is 23.6 Å². The Morgan fingerprint density at radius 2 is 1.80 bits per heavy atom. The fraction of sp³-hybridized carbons (Fsp3) is 0.759. The first-order valence-corrected chi connectivity index (χ1v) is 13.9. The Hall–Kier alpha value is -2.83. The summed E-state index contributed by atoms with van der Waals surface area (Å²) >= 11 is 0. The molecule has 1 spiro atoms. The van der Waals surface area contributed by atoms with E-state index in [1.165, 1.54) is 20.1 Å². The van der Waals surface area contributed by atoms with E-state index in [4.69, 9.17) is 23.7 Å². The van der Waals surface area contributed by atoms with Gasteiger partial charge in [-0.1, -0.05) is 13.8 Å². The number of rotatable bonds is 6. The summed E-state index contributed by atoms with van der Waals surface area (Å²) in [5.41, 5.74) is -6.48. The first-order chi connectivity index (χ1) is 18.9. The average molecular weight is 579 g/mol. The minimum absolute atomic E-state index is 0.0207. The molecule has 12 nitrogen and oxygen atoms in total. The van der Waals surface area contributed by atoms with Crippen LogP contribution in [0.3, 0.4) is 0 Å². The van der Waals surface area contributed by atoms with Crippen LogP contribution >= 0.6 is 0 Å². The topological polar surface area (TPSA) is 175 Å². The molecule has 0 aromatic rings. The van der Waals surface area contributed by atoms with Crippen molar-refractivity contribution in [1.29, 1.82) is 0 Å². The van der Waals surface area contributed by atoms with E-state index in [9.17, 15) is 34.2 Å². The number of esters is 4. The van der Waals surface area contributed by atoms with Crippen molar-refractivity contribution < 1.29 is 57.9 Å². The molecule has 2 saturated carbocycles. The number of hydrogen-bond donors (Lipinski definition) is 2. The standard InChI is InChI=1S/C29H38O12/c1-13(30)38-18(12-19(32)37-7)27(5)15-8-9-26(4)21(14-10-20(33)39-23(14)34)40-24(35)22-29(26,41-22)28(15,6)17(31)11-16(27)25(2,3)36/h10,15-16,18,20-22,33,36H,8-9,11-12H2,1-7H3/t15-,16+,18+,20?,21+,22-,26+,27-,28+,29-/m1/s1. The molecule has 0 radical (unpaired) electrons. The van der Waals surface area contributed by atoms with E-state index < -0.39 is 87.8 Å². The van der Waals surface area contributed by atoms with E-state index in [0.29, 0.717) is 12.8 Å². The smallest absolute Gasteiger partial charge is 0.340 e. The molecule has 41 heavy (non-hydrogen) atoms. The number of ketones is 1. The van der Waals surface area contributed by atoms with Crippen LogP contribution in [-0.2, 0) is 47.7 Å². The summed E-state index contributed by atoms with van der Waals surface area (Å²) in [7, 11) is 1.22. The van der Waals surface area contributed by atoms with Gasteiger partial charge < -0.3 is 33.9 Å². The first kappa shape index (κ1) is 29.7. The lowest BCUT2D eigenvalue weighted by molar-refractivity contribution is -0.237. The number of carbonyl (C=O) groups is 5. The molecule has 1 unspecified atom stereocenters. The minimum atomic E-state index is -1.49. The van der Waals surface area contributed by atoms with Gasteiger partial charge in [-0.2, -0.15) is 0 Å². The minimum Gasteiger partial charge on any atom is -0.469 e. The Bertz CT molecular complexity index is 1250. The molecule has 0 aromatic carbocycles. The predicted molar refractivity (Wildman–Crippen MR) is 136 cm³/mol. The van der Waals surface area contributed by atoms with Crippen LogP contribution < -0.4 is 0 Å². The summed E-state index contributed by atoms with van der Waals surface area (Å²) in [5, 5.41) is 21.3. The Morgan fingerprint density at radius 3 is 2.34 bits per heavy atom. The molecule has 2 aliphatic carbocycles. The maximum absolute atomic E-state index is 14.4. The maximum atomic E-state index is 14.4. The molecule has 2 saturated heterocycles. The monoisotopic (exact) mass is 578 g/mol. The largest absolute Gasteiger partial charge is 0.469 e. The zero-order valence-corrected chi connectivity index (χ0v) is 24.3. The Morgan fingerprint density at radius 1 is 1.15 bits per heavy atom. The van der Waals surface area contributed by atoms with Crippen molar-refractivity contribution >= 4 is 29.7 Å². The Balaban J connectivity index is 1.69. The van der Waals surface area contributed by atoms with Gasteiger partial charge in [0.2, 0.25) is 6.29 Å². The fourth-order valence-corrected chi connectivity index (χ4v) is 9.11. The number of aliphatic hydroxyl groups is 2. The second kappa shape index (κ2) is 9.08. The molecule has 10 atom stereocenters. The normalized spacial score (nSPS) is 43.9. The highest BCUT2D eigenvalue weighted by Crippen LogP contribution is 2.77. The van der Waals surface area contributed by atoms with Gasteiger partial charge in [0.05, 0.1) is 30.1 Å². The molecule has 0 bridgehead atoms. The van der Waals surface area contributed by atoms with E-state index >= 15 is 0 Å². The Kier molecular flexibility index (Phi) is 6.57. The van der Waals surface area contributed by atoms with E-state index in [1.54, 1.807) is 27.7 Å². The number of ether oxygens (including phenoxy) is 5. The van der Waals surface area contributed by atoms with Crippen molar-refractivity contribution in [2.75, 3.05) is 7.11 Å². The molecule has 2 N–H and O–H groups in total. The van der Waals surface area contributed by atoms with Crippen molar-refractivity contribution in [1.82, 2.24) is 0 Å². The number of Topliss-reactive ketones (excluding diaryl/α,β-unsaturated/α-hetero) is 1. The van der Waals surface area contributed by atoms with E-state index in [-0.39, 0.29) is 24.2 Å². The van der Waals surface area contributed by atoms with Crippen molar-refractivity contribution in [3.63, 3.8) is 0 Å². The fourth-order valence-electron chi connectivity index (χ4n) is 9.11. The van der Waals surface area contributed by atoms with E-state index in [0.717, 1.165) is 0 Å². The molecule has 4 fully saturated rings. The summed E-state index contributed by atoms with van der Waals surface area (Å²) in [6, 6.07) is 0. The molecule has 12 heteroatoms. The van der Waals surface area contributed by atoms with Crippen molar-refractivity contribution in [2.24, 2.45) is 28.1 Å².